The number of carboxylic acid groups (broad SMARTS) is 2. The minimum Gasteiger partial charge on any atom is -0.478 e. The lowest BCUT2D eigenvalue weighted by atomic mass is 10.3. The minimum atomic E-state index is -5.08. The molecule has 23 heavy (non-hydrogen) atoms. The number of ether oxygens (including phenoxy) is 1. The van der Waals surface area contributed by atoms with Crippen LogP contribution in [0.4, 0.5) is 19.0 Å². The molecule has 7 nitrogen and oxygen atoms in total. The van der Waals surface area contributed by atoms with E-state index in [1.165, 1.54) is 12.3 Å². The van der Waals surface area contributed by atoms with Gasteiger partial charge in [-0.2, -0.15) is 13.2 Å². The monoisotopic (exact) mass is 402 g/mol. The molecule has 0 aliphatic heterocycles. The predicted molar refractivity (Wildman–Crippen MR) is 77.6 cm³/mol. The van der Waals surface area contributed by atoms with Crippen molar-refractivity contribution >= 4 is 33.7 Å². The van der Waals surface area contributed by atoms with Crippen LogP contribution < -0.4 is 5.32 Å². The maximum absolute atomic E-state index is 10.7. The van der Waals surface area contributed by atoms with E-state index in [0.717, 1.165) is 13.0 Å². The fourth-order valence-corrected chi connectivity index (χ4v) is 1.60. The Morgan fingerprint density at radius 2 is 1.96 bits per heavy atom. The van der Waals surface area contributed by atoms with Crippen molar-refractivity contribution < 1.29 is 37.7 Å². The van der Waals surface area contributed by atoms with Crippen molar-refractivity contribution in [2.75, 3.05) is 25.6 Å². The number of nitrogens with one attached hydrogen (secondary N) is 1. The van der Waals surface area contributed by atoms with Crippen molar-refractivity contribution in [2.24, 2.45) is 0 Å². The van der Waals surface area contributed by atoms with Gasteiger partial charge in [-0.15, -0.1) is 0 Å². The molecule has 0 aromatic carbocycles. The van der Waals surface area contributed by atoms with Crippen LogP contribution in [-0.2, 0) is 9.53 Å². The molecule has 0 saturated heterocycles. The highest BCUT2D eigenvalue weighted by molar-refractivity contribution is 9.10. The lowest BCUT2D eigenvalue weighted by Crippen LogP contribution is -2.21. The molecule has 1 rings (SSSR count). The normalized spacial score (nSPS) is 10.5. The Bertz CT molecular complexity index is 540. The largest absolute Gasteiger partial charge is 0.490 e. The number of anilines is 1. The number of alkyl halides is 3. The van der Waals surface area contributed by atoms with Gasteiger partial charge < -0.3 is 20.3 Å². The summed E-state index contributed by atoms with van der Waals surface area (Å²) >= 11 is 3.27. The first-order valence-corrected chi connectivity index (χ1v) is 6.80. The fraction of sp³-hybridized carbons (Fsp3) is 0.417. The molecule has 3 N–H and O–H groups in total. The van der Waals surface area contributed by atoms with Crippen LogP contribution in [-0.4, -0.2) is 53.6 Å². The van der Waals surface area contributed by atoms with Crippen LogP contribution in [0.3, 0.4) is 0 Å². The zero-order valence-corrected chi connectivity index (χ0v) is 13.4. The van der Waals surface area contributed by atoms with E-state index in [1.54, 1.807) is 7.11 Å². The van der Waals surface area contributed by atoms with Crippen LogP contribution in [0, 0.1) is 0 Å². The Morgan fingerprint density at radius 1 is 1.39 bits per heavy atom. The first-order chi connectivity index (χ1) is 10.6. The number of aliphatic carboxylic acids is 1. The number of methoxy groups -OCH3 is 1. The van der Waals surface area contributed by atoms with E-state index < -0.39 is 18.1 Å². The Labute approximate surface area is 137 Å². The molecule has 0 amide bonds. The summed E-state index contributed by atoms with van der Waals surface area (Å²) in [6.45, 7) is 1.41. The first-order valence-electron chi connectivity index (χ1n) is 6.01. The van der Waals surface area contributed by atoms with E-state index in [4.69, 9.17) is 19.7 Å². The maximum Gasteiger partial charge on any atom is 0.490 e. The zero-order chi connectivity index (χ0) is 18.0. The van der Waals surface area contributed by atoms with Gasteiger partial charge >= 0.3 is 18.1 Å². The van der Waals surface area contributed by atoms with Crippen LogP contribution in [0.15, 0.2) is 16.7 Å². The summed E-state index contributed by atoms with van der Waals surface area (Å²) in [5.41, 5.74) is 0.161. The third-order valence-electron chi connectivity index (χ3n) is 2.15. The van der Waals surface area contributed by atoms with Crippen molar-refractivity contribution in [3.05, 3.63) is 22.3 Å². The van der Waals surface area contributed by atoms with E-state index in [-0.39, 0.29) is 5.56 Å². The van der Waals surface area contributed by atoms with Crippen molar-refractivity contribution in [1.29, 1.82) is 0 Å². The molecule has 0 aliphatic rings. The SMILES string of the molecule is COCCCNc1ncc(C(=O)O)cc1Br.O=C(O)C(F)(F)F. The lowest BCUT2D eigenvalue weighted by Gasteiger charge is -2.07. The van der Waals surface area contributed by atoms with E-state index in [2.05, 4.69) is 26.2 Å². The molecule has 0 unspecified atom stereocenters. The highest BCUT2D eigenvalue weighted by Crippen LogP contribution is 2.20. The summed E-state index contributed by atoms with van der Waals surface area (Å²) in [6.07, 6.45) is -2.89. The zero-order valence-electron chi connectivity index (χ0n) is 11.9. The second-order valence-electron chi connectivity index (χ2n) is 3.94. The Balaban J connectivity index is 0.000000585. The van der Waals surface area contributed by atoms with Crippen LogP contribution >= 0.6 is 15.9 Å². The number of aromatic nitrogens is 1. The average Bonchev–Trinajstić information content (AvgIpc) is 2.44. The first kappa shape index (κ1) is 21.1. The summed E-state index contributed by atoms with van der Waals surface area (Å²) in [5.74, 6) is -3.10. The number of aromatic carboxylic acids is 1. The van der Waals surface area contributed by atoms with E-state index in [9.17, 15) is 18.0 Å². The minimum absolute atomic E-state index is 0.161. The molecule has 0 atom stereocenters. The topological polar surface area (TPSA) is 109 Å². The van der Waals surface area contributed by atoms with E-state index in [0.29, 0.717) is 16.9 Å². The Hall–Kier alpha value is -1.88. The third-order valence-corrected chi connectivity index (χ3v) is 2.75. The summed E-state index contributed by atoms with van der Waals surface area (Å²) in [6, 6.07) is 1.52. The van der Waals surface area contributed by atoms with Crippen LogP contribution in [0.5, 0.6) is 0 Å². The van der Waals surface area contributed by atoms with Gasteiger partial charge in [-0.3, -0.25) is 0 Å². The number of halogens is 4. The smallest absolute Gasteiger partial charge is 0.478 e. The number of carboxylic acids is 2. The molecule has 130 valence electrons. The molecule has 0 saturated carbocycles. The molecule has 1 heterocycles. The molecular weight excluding hydrogens is 389 g/mol. The summed E-state index contributed by atoms with van der Waals surface area (Å²) in [7, 11) is 1.65. The van der Waals surface area contributed by atoms with Gasteiger partial charge in [0.25, 0.3) is 0 Å². The number of hydrogen-bond donors (Lipinski definition) is 3. The molecular formula is C12H14BrF3N2O5. The quantitative estimate of drug-likeness (QED) is 0.627. The van der Waals surface area contributed by atoms with Gasteiger partial charge in [-0.1, -0.05) is 0 Å². The molecule has 11 heteroatoms. The summed E-state index contributed by atoms with van der Waals surface area (Å²) < 4.78 is 37.3. The van der Waals surface area contributed by atoms with Gasteiger partial charge in [0.2, 0.25) is 0 Å². The van der Waals surface area contributed by atoms with Crippen LogP contribution in [0.1, 0.15) is 16.8 Å². The van der Waals surface area contributed by atoms with Gasteiger partial charge in [0.1, 0.15) is 5.82 Å². The highest BCUT2D eigenvalue weighted by Gasteiger charge is 2.38. The van der Waals surface area contributed by atoms with Gasteiger partial charge in [-0.05, 0) is 28.4 Å². The van der Waals surface area contributed by atoms with Gasteiger partial charge in [0, 0.05) is 26.5 Å². The third kappa shape index (κ3) is 8.98. The molecule has 0 spiro atoms. The van der Waals surface area contributed by atoms with E-state index in [1.807, 2.05) is 0 Å². The van der Waals surface area contributed by atoms with Crippen molar-refractivity contribution in [3.63, 3.8) is 0 Å². The fourth-order valence-electron chi connectivity index (χ4n) is 1.11. The molecule has 1 aromatic heterocycles. The van der Waals surface area contributed by atoms with Crippen molar-refractivity contribution in [2.45, 2.75) is 12.6 Å². The van der Waals surface area contributed by atoms with Gasteiger partial charge in [-0.25, -0.2) is 14.6 Å². The Kier molecular flexibility index (Phi) is 9.18. The lowest BCUT2D eigenvalue weighted by molar-refractivity contribution is -0.192. The molecule has 0 fully saturated rings. The van der Waals surface area contributed by atoms with Crippen LogP contribution in [0.25, 0.3) is 0 Å². The number of nitrogens with zero attached hydrogens (tertiary/aromatic N) is 1. The highest BCUT2D eigenvalue weighted by atomic mass is 79.9. The van der Waals surface area contributed by atoms with Gasteiger partial charge in [0.05, 0.1) is 10.0 Å². The summed E-state index contributed by atoms with van der Waals surface area (Å²) in [4.78, 5) is 23.6. The average molecular weight is 403 g/mol. The van der Waals surface area contributed by atoms with Crippen molar-refractivity contribution in [1.82, 2.24) is 4.98 Å². The Morgan fingerprint density at radius 3 is 2.35 bits per heavy atom. The standard InChI is InChI=1S/C10H13BrN2O3.C2HF3O2/c1-16-4-2-3-12-9-8(11)5-7(6-13-9)10(14)15;3-2(4,5)1(6)7/h5-6H,2-4H2,1H3,(H,12,13)(H,14,15);(H,6,7). The number of rotatable bonds is 6. The molecule has 0 aliphatic carbocycles. The second kappa shape index (κ2) is 10.0. The molecule has 1 aromatic rings. The molecule has 0 radical (unpaired) electrons. The number of carbonyl (C=O) groups is 2. The number of hydrogen-bond acceptors (Lipinski definition) is 5. The predicted octanol–water partition coefficient (Wildman–Crippen LogP) is 2.62. The number of pyridine rings is 1. The maximum atomic E-state index is 10.7. The molecule has 0 bridgehead atoms. The second-order valence-corrected chi connectivity index (χ2v) is 4.79. The van der Waals surface area contributed by atoms with Gasteiger partial charge in [0.15, 0.2) is 0 Å². The van der Waals surface area contributed by atoms with Crippen LogP contribution in [0.2, 0.25) is 0 Å². The van der Waals surface area contributed by atoms with E-state index >= 15 is 0 Å². The van der Waals surface area contributed by atoms with Crippen molar-refractivity contribution in [3.8, 4) is 0 Å². The summed E-state index contributed by atoms with van der Waals surface area (Å²) in [5, 5.41) is 19.0.